The molecule has 2 heteroatoms. The van der Waals surface area contributed by atoms with Crippen LogP contribution in [0.3, 0.4) is 0 Å². The van der Waals surface area contributed by atoms with Gasteiger partial charge in [0.25, 0.3) is 0 Å². The topological polar surface area (TPSA) is 23.8 Å². The van der Waals surface area contributed by atoms with Crippen LogP contribution in [0.25, 0.3) is 0 Å². The minimum atomic E-state index is -0.0469. The van der Waals surface area contributed by atoms with Crippen molar-refractivity contribution >= 4 is 9.90 Å². The van der Waals surface area contributed by atoms with Gasteiger partial charge in [0.15, 0.2) is 0 Å². The lowest BCUT2D eigenvalue weighted by Gasteiger charge is -2.14. The minimum Gasteiger partial charge on any atom is -0.193 e. The zero-order valence-electron chi connectivity index (χ0n) is 6.36. The van der Waals surface area contributed by atoms with Crippen LogP contribution in [0.1, 0.15) is 20.8 Å². The fourth-order valence-electron chi connectivity index (χ4n) is 0.168. The van der Waals surface area contributed by atoms with E-state index in [1.54, 1.807) is 0 Å². The lowest BCUT2D eigenvalue weighted by atomic mass is 9.89. The van der Waals surface area contributed by atoms with Crippen LogP contribution in [0.5, 0.6) is 0 Å². The van der Waals surface area contributed by atoms with Crippen LogP contribution in [-0.4, -0.2) is 0 Å². The van der Waals surface area contributed by atoms with Gasteiger partial charge in [0.05, 0.1) is 6.07 Å². The first-order valence-electron chi connectivity index (χ1n) is 2.58. The second-order valence-electron chi connectivity index (χ2n) is 2.84. The Morgan fingerprint density at radius 1 is 1.44 bits per heavy atom. The molecule has 0 spiro atoms. The third-order valence-electron chi connectivity index (χ3n) is 1.04. The van der Waals surface area contributed by atoms with Crippen molar-refractivity contribution in [2.45, 2.75) is 20.8 Å². The standard InChI is InChI=1S/C7H11N.H3P/c1-6(5-8)7(2,3)4;/h1H2,2-4H3;1H3. The SMILES string of the molecule is C=C(C#N)C(C)(C)C.P. The molecule has 0 aromatic carbocycles. The molecule has 0 bridgehead atoms. The van der Waals surface area contributed by atoms with Gasteiger partial charge >= 0.3 is 0 Å². The summed E-state index contributed by atoms with van der Waals surface area (Å²) in [6.07, 6.45) is 0. The van der Waals surface area contributed by atoms with E-state index in [-0.39, 0.29) is 15.3 Å². The first-order valence-corrected chi connectivity index (χ1v) is 2.58. The fraction of sp³-hybridized carbons (Fsp3) is 0.571. The van der Waals surface area contributed by atoms with Crippen molar-refractivity contribution in [3.05, 3.63) is 12.2 Å². The van der Waals surface area contributed by atoms with Gasteiger partial charge in [-0.1, -0.05) is 27.4 Å². The van der Waals surface area contributed by atoms with Gasteiger partial charge in [-0.15, -0.1) is 0 Å². The number of rotatable bonds is 0. The third kappa shape index (κ3) is 4.18. The van der Waals surface area contributed by atoms with Gasteiger partial charge in [0, 0.05) is 5.57 Å². The van der Waals surface area contributed by atoms with Crippen LogP contribution in [0.4, 0.5) is 0 Å². The monoisotopic (exact) mass is 143 g/mol. The van der Waals surface area contributed by atoms with Crippen LogP contribution in [0.15, 0.2) is 12.2 Å². The van der Waals surface area contributed by atoms with Crippen molar-refractivity contribution in [2.75, 3.05) is 0 Å². The van der Waals surface area contributed by atoms with Gasteiger partial charge in [0.1, 0.15) is 0 Å². The minimum absolute atomic E-state index is 0. The average molecular weight is 143 g/mol. The van der Waals surface area contributed by atoms with Gasteiger partial charge in [0.2, 0.25) is 0 Å². The molecule has 0 aromatic rings. The lowest BCUT2D eigenvalue weighted by molar-refractivity contribution is 0.522. The maximum atomic E-state index is 8.32. The van der Waals surface area contributed by atoms with Crippen molar-refractivity contribution in [3.8, 4) is 6.07 Å². The van der Waals surface area contributed by atoms with Crippen LogP contribution in [0, 0.1) is 16.7 Å². The number of hydrogen-bond acceptors (Lipinski definition) is 1. The van der Waals surface area contributed by atoms with Crippen LogP contribution in [0.2, 0.25) is 0 Å². The Labute approximate surface area is 60.4 Å². The van der Waals surface area contributed by atoms with E-state index in [1.165, 1.54) is 0 Å². The Balaban J connectivity index is 0. The molecule has 9 heavy (non-hydrogen) atoms. The molecule has 1 nitrogen and oxygen atoms in total. The maximum absolute atomic E-state index is 8.32. The summed E-state index contributed by atoms with van der Waals surface area (Å²) in [4.78, 5) is 0. The molecule has 1 unspecified atom stereocenters. The van der Waals surface area contributed by atoms with Gasteiger partial charge in [-0.05, 0) is 5.41 Å². The normalized spacial score (nSPS) is 9.11. The smallest absolute Gasteiger partial charge is 0.0946 e. The predicted molar refractivity (Wildman–Crippen MR) is 45.3 cm³/mol. The molecule has 0 aliphatic heterocycles. The Morgan fingerprint density at radius 3 is 1.78 bits per heavy atom. The Morgan fingerprint density at radius 2 is 1.78 bits per heavy atom. The zero-order chi connectivity index (χ0) is 6.78. The van der Waals surface area contributed by atoms with Gasteiger partial charge in [-0.3, -0.25) is 0 Å². The maximum Gasteiger partial charge on any atom is 0.0946 e. The van der Waals surface area contributed by atoms with E-state index in [0.717, 1.165) is 0 Å². The molecular weight excluding hydrogens is 129 g/mol. The first kappa shape index (κ1) is 11.5. The molecular formula is C7H14NP. The second-order valence-corrected chi connectivity index (χ2v) is 2.84. The van der Waals surface area contributed by atoms with E-state index in [2.05, 4.69) is 6.58 Å². The quantitative estimate of drug-likeness (QED) is 0.376. The largest absolute Gasteiger partial charge is 0.193 e. The van der Waals surface area contributed by atoms with Crippen molar-refractivity contribution < 1.29 is 0 Å². The molecule has 0 aromatic heterocycles. The summed E-state index contributed by atoms with van der Waals surface area (Å²) < 4.78 is 0. The van der Waals surface area contributed by atoms with E-state index >= 15 is 0 Å². The molecule has 0 saturated heterocycles. The zero-order valence-corrected chi connectivity index (χ0v) is 7.78. The average Bonchev–Trinajstić information content (AvgIpc) is 1.62. The van der Waals surface area contributed by atoms with E-state index < -0.39 is 0 Å². The van der Waals surface area contributed by atoms with Gasteiger partial charge in [-0.25, -0.2) is 0 Å². The summed E-state index contributed by atoms with van der Waals surface area (Å²) in [5.41, 5.74) is 0.590. The van der Waals surface area contributed by atoms with Gasteiger partial charge < -0.3 is 0 Å². The van der Waals surface area contributed by atoms with E-state index in [4.69, 9.17) is 5.26 Å². The Bertz CT molecular complexity index is 136. The molecule has 0 aliphatic carbocycles. The molecule has 0 rings (SSSR count). The molecule has 0 heterocycles. The summed E-state index contributed by atoms with van der Waals surface area (Å²) in [6.45, 7) is 9.50. The fourth-order valence-corrected chi connectivity index (χ4v) is 0.168. The summed E-state index contributed by atoms with van der Waals surface area (Å²) in [5.74, 6) is 0. The molecule has 0 radical (unpaired) electrons. The summed E-state index contributed by atoms with van der Waals surface area (Å²) in [7, 11) is 0. The number of nitrogens with zero attached hydrogens (tertiary/aromatic N) is 1. The highest BCUT2D eigenvalue weighted by molar-refractivity contribution is 6.92. The van der Waals surface area contributed by atoms with E-state index in [1.807, 2.05) is 26.8 Å². The first-order chi connectivity index (χ1) is 3.48. The Hall–Kier alpha value is -0.340. The Kier molecular flexibility index (Phi) is 4.63. The molecule has 0 saturated carbocycles. The number of hydrogen-bond donors (Lipinski definition) is 0. The highest BCUT2D eigenvalue weighted by atomic mass is 31.0. The molecule has 1 atom stereocenters. The van der Waals surface area contributed by atoms with Crippen LogP contribution >= 0.6 is 9.90 Å². The van der Waals surface area contributed by atoms with E-state index in [0.29, 0.717) is 5.57 Å². The highest BCUT2D eigenvalue weighted by Gasteiger charge is 2.13. The van der Waals surface area contributed by atoms with Crippen molar-refractivity contribution in [3.63, 3.8) is 0 Å². The summed E-state index contributed by atoms with van der Waals surface area (Å²) >= 11 is 0. The molecule has 0 fully saturated rings. The third-order valence-corrected chi connectivity index (χ3v) is 1.04. The molecule has 0 N–H and O–H groups in total. The number of nitriles is 1. The van der Waals surface area contributed by atoms with Crippen molar-refractivity contribution in [1.29, 1.82) is 5.26 Å². The molecule has 0 amide bonds. The number of allylic oxidation sites excluding steroid dienone is 1. The highest BCUT2D eigenvalue weighted by Crippen LogP contribution is 2.21. The summed E-state index contributed by atoms with van der Waals surface area (Å²) in [5, 5.41) is 8.32. The van der Waals surface area contributed by atoms with Crippen LogP contribution < -0.4 is 0 Å². The molecule has 0 aliphatic rings. The van der Waals surface area contributed by atoms with E-state index in [9.17, 15) is 0 Å². The van der Waals surface area contributed by atoms with Crippen LogP contribution in [-0.2, 0) is 0 Å². The van der Waals surface area contributed by atoms with Crippen molar-refractivity contribution in [2.24, 2.45) is 5.41 Å². The predicted octanol–water partition coefficient (Wildman–Crippen LogP) is 2.17. The molecule has 52 valence electrons. The van der Waals surface area contributed by atoms with Crippen molar-refractivity contribution in [1.82, 2.24) is 0 Å². The summed E-state index contributed by atoms with van der Waals surface area (Å²) in [6, 6.07) is 2.01. The van der Waals surface area contributed by atoms with Gasteiger partial charge in [-0.2, -0.15) is 15.2 Å². The second kappa shape index (κ2) is 3.64. The lowest BCUT2D eigenvalue weighted by Crippen LogP contribution is -2.05.